The summed E-state index contributed by atoms with van der Waals surface area (Å²) < 4.78 is 5.16. The van der Waals surface area contributed by atoms with Gasteiger partial charge in [0, 0.05) is 18.0 Å². The molecule has 2 aromatic rings. The molecule has 3 heteroatoms. The Morgan fingerprint density at radius 3 is 2.53 bits per heavy atom. The second-order valence-corrected chi connectivity index (χ2v) is 5.26. The van der Waals surface area contributed by atoms with E-state index in [2.05, 4.69) is 26.8 Å². The number of nitrogens with two attached hydrogens (primary N) is 1. The molecule has 0 aliphatic carbocycles. The van der Waals surface area contributed by atoms with E-state index in [4.69, 9.17) is 10.2 Å². The van der Waals surface area contributed by atoms with Gasteiger partial charge in [0.2, 0.25) is 0 Å². The van der Waals surface area contributed by atoms with Crippen LogP contribution in [0.1, 0.15) is 31.9 Å². The van der Waals surface area contributed by atoms with Crippen molar-refractivity contribution >= 4 is 11.0 Å². The molecular weight excluding hydrogens is 214 g/mol. The predicted octanol–water partition coefficient (Wildman–Crippen LogP) is 2.55. The number of hydrogen-bond donors (Lipinski definition) is 1. The van der Waals surface area contributed by atoms with Gasteiger partial charge in [0.1, 0.15) is 5.58 Å². The van der Waals surface area contributed by atoms with Gasteiger partial charge in [-0.05, 0) is 28.7 Å². The summed E-state index contributed by atoms with van der Waals surface area (Å²) in [4.78, 5) is 11.3. The summed E-state index contributed by atoms with van der Waals surface area (Å²) in [5.41, 5.74) is 8.02. The van der Waals surface area contributed by atoms with Gasteiger partial charge in [-0.25, -0.2) is 4.79 Å². The first kappa shape index (κ1) is 11.9. The minimum absolute atomic E-state index is 0.0657. The molecule has 0 spiro atoms. The van der Waals surface area contributed by atoms with Crippen molar-refractivity contribution in [3.63, 3.8) is 0 Å². The molecule has 0 radical (unpaired) electrons. The van der Waals surface area contributed by atoms with Gasteiger partial charge in [0.05, 0.1) is 0 Å². The fourth-order valence-corrected chi connectivity index (χ4v) is 1.86. The van der Waals surface area contributed by atoms with Crippen molar-refractivity contribution in [3.8, 4) is 0 Å². The maximum Gasteiger partial charge on any atom is 0.336 e. The largest absolute Gasteiger partial charge is 0.423 e. The monoisotopic (exact) mass is 231 g/mol. The minimum atomic E-state index is -0.346. The van der Waals surface area contributed by atoms with Crippen molar-refractivity contribution in [2.45, 2.75) is 32.7 Å². The van der Waals surface area contributed by atoms with E-state index < -0.39 is 0 Å². The predicted molar refractivity (Wildman–Crippen MR) is 69.1 cm³/mol. The molecule has 1 aromatic carbocycles. The van der Waals surface area contributed by atoms with Crippen molar-refractivity contribution in [1.29, 1.82) is 0 Å². The molecule has 3 nitrogen and oxygen atoms in total. The molecule has 2 N–H and O–H groups in total. The standard InChI is InChI=1S/C14H17NO2/c1-14(2,3)10-4-5-12-11(7-10)9(8-15)6-13(16)17-12/h4-7H,8,15H2,1-3H3. The van der Waals surface area contributed by atoms with Crippen LogP contribution < -0.4 is 11.4 Å². The van der Waals surface area contributed by atoms with E-state index in [1.807, 2.05) is 12.1 Å². The van der Waals surface area contributed by atoms with Crippen LogP contribution in [-0.2, 0) is 12.0 Å². The molecule has 0 fully saturated rings. The molecule has 0 saturated heterocycles. The van der Waals surface area contributed by atoms with Crippen LogP contribution in [0.25, 0.3) is 11.0 Å². The van der Waals surface area contributed by atoms with Crippen LogP contribution in [0.3, 0.4) is 0 Å². The molecular formula is C14H17NO2. The number of fused-ring (bicyclic) bond motifs is 1. The molecule has 17 heavy (non-hydrogen) atoms. The topological polar surface area (TPSA) is 56.2 Å². The molecule has 0 aliphatic heterocycles. The maximum absolute atomic E-state index is 11.3. The zero-order chi connectivity index (χ0) is 12.6. The van der Waals surface area contributed by atoms with Crippen LogP contribution in [0, 0.1) is 0 Å². The van der Waals surface area contributed by atoms with Crippen molar-refractivity contribution in [3.05, 3.63) is 45.8 Å². The highest BCUT2D eigenvalue weighted by atomic mass is 16.4. The first-order valence-electron chi connectivity index (χ1n) is 5.69. The van der Waals surface area contributed by atoms with E-state index in [-0.39, 0.29) is 11.0 Å². The smallest absolute Gasteiger partial charge is 0.336 e. The lowest BCUT2D eigenvalue weighted by Crippen LogP contribution is -2.12. The fraction of sp³-hybridized carbons (Fsp3) is 0.357. The van der Waals surface area contributed by atoms with Crippen molar-refractivity contribution < 1.29 is 4.42 Å². The summed E-state index contributed by atoms with van der Waals surface area (Å²) in [6.07, 6.45) is 0. The van der Waals surface area contributed by atoms with Crippen LogP contribution in [0.4, 0.5) is 0 Å². The normalized spacial score (nSPS) is 12.0. The lowest BCUT2D eigenvalue weighted by Gasteiger charge is -2.19. The molecule has 0 aliphatic rings. The summed E-state index contributed by atoms with van der Waals surface area (Å²) in [7, 11) is 0. The second-order valence-electron chi connectivity index (χ2n) is 5.26. The molecule has 90 valence electrons. The fourth-order valence-electron chi connectivity index (χ4n) is 1.86. The molecule has 0 amide bonds. The van der Waals surface area contributed by atoms with Crippen LogP contribution in [0.15, 0.2) is 33.5 Å². The first-order valence-corrected chi connectivity index (χ1v) is 5.69. The SMILES string of the molecule is CC(C)(C)c1ccc2oc(=O)cc(CN)c2c1. The summed E-state index contributed by atoms with van der Waals surface area (Å²) in [5.74, 6) is 0. The molecule has 1 heterocycles. The molecule has 0 bridgehead atoms. The summed E-state index contributed by atoms with van der Waals surface area (Å²) in [6, 6.07) is 7.36. The van der Waals surface area contributed by atoms with Gasteiger partial charge in [-0.2, -0.15) is 0 Å². The van der Waals surface area contributed by atoms with E-state index in [9.17, 15) is 4.79 Å². The van der Waals surface area contributed by atoms with Gasteiger partial charge >= 0.3 is 5.63 Å². The minimum Gasteiger partial charge on any atom is -0.423 e. The third kappa shape index (κ3) is 2.24. The molecule has 1 aromatic heterocycles. The quantitative estimate of drug-likeness (QED) is 0.767. The van der Waals surface area contributed by atoms with E-state index in [0.29, 0.717) is 12.1 Å². The van der Waals surface area contributed by atoms with Gasteiger partial charge in [0.15, 0.2) is 0 Å². The van der Waals surface area contributed by atoms with Crippen LogP contribution in [0.2, 0.25) is 0 Å². The van der Waals surface area contributed by atoms with E-state index >= 15 is 0 Å². The Labute approximate surface area is 100 Å². The number of benzene rings is 1. The third-order valence-electron chi connectivity index (χ3n) is 2.91. The highest BCUT2D eigenvalue weighted by molar-refractivity contribution is 5.81. The molecule has 2 rings (SSSR count). The first-order chi connectivity index (χ1) is 7.91. The lowest BCUT2D eigenvalue weighted by atomic mass is 9.86. The number of rotatable bonds is 1. The van der Waals surface area contributed by atoms with Crippen LogP contribution in [-0.4, -0.2) is 0 Å². The molecule has 0 unspecified atom stereocenters. The van der Waals surface area contributed by atoms with Crippen LogP contribution >= 0.6 is 0 Å². The zero-order valence-electron chi connectivity index (χ0n) is 10.4. The average molecular weight is 231 g/mol. The molecule has 0 atom stereocenters. The van der Waals surface area contributed by atoms with Gasteiger partial charge in [-0.1, -0.05) is 26.8 Å². The van der Waals surface area contributed by atoms with Crippen LogP contribution in [0.5, 0.6) is 0 Å². The molecule has 0 saturated carbocycles. The Kier molecular flexibility index (Phi) is 2.79. The Bertz CT molecular complexity index is 606. The highest BCUT2D eigenvalue weighted by Crippen LogP contribution is 2.26. The van der Waals surface area contributed by atoms with Crippen molar-refractivity contribution in [1.82, 2.24) is 0 Å². The van der Waals surface area contributed by atoms with E-state index in [0.717, 1.165) is 10.9 Å². The summed E-state index contributed by atoms with van der Waals surface area (Å²) >= 11 is 0. The number of hydrogen-bond acceptors (Lipinski definition) is 3. The van der Waals surface area contributed by atoms with Gasteiger partial charge < -0.3 is 10.2 Å². The van der Waals surface area contributed by atoms with Gasteiger partial charge in [-0.3, -0.25) is 0 Å². The van der Waals surface area contributed by atoms with E-state index in [1.165, 1.54) is 11.6 Å². The van der Waals surface area contributed by atoms with Gasteiger partial charge in [0.25, 0.3) is 0 Å². The lowest BCUT2D eigenvalue weighted by molar-refractivity contribution is 0.556. The third-order valence-corrected chi connectivity index (χ3v) is 2.91. The Morgan fingerprint density at radius 1 is 1.24 bits per heavy atom. The zero-order valence-corrected chi connectivity index (χ0v) is 10.4. The Hall–Kier alpha value is -1.61. The highest BCUT2D eigenvalue weighted by Gasteiger charge is 2.15. The maximum atomic E-state index is 11.3. The van der Waals surface area contributed by atoms with Gasteiger partial charge in [-0.15, -0.1) is 0 Å². The second kappa shape index (κ2) is 4.00. The van der Waals surface area contributed by atoms with Crippen molar-refractivity contribution in [2.75, 3.05) is 0 Å². The average Bonchev–Trinajstić information content (AvgIpc) is 2.25. The Morgan fingerprint density at radius 2 is 1.94 bits per heavy atom. The van der Waals surface area contributed by atoms with Crippen molar-refractivity contribution in [2.24, 2.45) is 5.73 Å². The summed E-state index contributed by atoms with van der Waals surface area (Å²) in [6.45, 7) is 6.79. The summed E-state index contributed by atoms with van der Waals surface area (Å²) in [5, 5.41) is 0.930. The Balaban J connectivity index is 2.76. The van der Waals surface area contributed by atoms with E-state index in [1.54, 1.807) is 0 Å².